The zero-order chi connectivity index (χ0) is 22.5. The van der Waals surface area contributed by atoms with Gasteiger partial charge < -0.3 is 29.6 Å². The second-order valence-electron chi connectivity index (χ2n) is 7.43. The molecule has 2 N–H and O–H groups in total. The molecular formula is C23H28N4O4. The van der Waals surface area contributed by atoms with E-state index < -0.39 is 0 Å². The van der Waals surface area contributed by atoms with E-state index in [9.17, 15) is 9.59 Å². The third-order valence-corrected chi connectivity index (χ3v) is 5.08. The molecule has 1 aromatic heterocycles. The maximum Gasteiger partial charge on any atom is 0.319 e. The number of nitrogens with zero attached hydrogens (tertiary/aromatic N) is 2. The van der Waals surface area contributed by atoms with Crippen molar-refractivity contribution in [1.29, 1.82) is 0 Å². The Morgan fingerprint density at radius 3 is 2.52 bits per heavy atom. The largest absolute Gasteiger partial charge is 0.497 e. The van der Waals surface area contributed by atoms with Gasteiger partial charge in [-0.1, -0.05) is 0 Å². The number of aromatic nitrogens is 1. The molecule has 0 aliphatic carbocycles. The molecule has 2 aromatic carbocycles. The van der Waals surface area contributed by atoms with Gasteiger partial charge in [-0.3, -0.25) is 4.79 Å². The molecule has 3 aromatic rings. The first-order valence-electron chi connectivity index (χ1n) is 9.91. The summed E-state index contributed by atoms with van der Waals surface area (Å²) in [6, 6.07) is 12.3. The monoisotopic (exact) mass is 424 g/mol. The summed E-state index contributed by atoms with van der Waals surface area (Å²) in [5.41, 5.74) is 2.40. The van der Waals surface area contributed by atoms with Gasteiger partial charge in [0.25, 0.3) is 0 Å². The van der Waals surface area contributed by atoms with Crippen molar-refractivity contribution in [3.05, 3.63) is 54.2 Å². The Bertz CT molecular complexity index is 1090. The minimum absolute atomic E-state index is 0.0148. The number of anilines is 1. The number of fused-ring (bicyclic) bond motifs is 1. The smallest absolute Gasteiger partial charge is 0.319 e. The van der Waals surface area contributed by atoms with Crippen LogP contribution in [0.4, 0.5) is 10.5 Å². The van der Waals surface area contributed by atoms with Crippen LogP contribution in [0.25, 0.3) is 10.9 Å². The first-order chi connectivity index (χ1) is 14.8. The number of hydrogen-bond donors (Lipinski definition) is 2. The van der Waals surface area contributed by atoms with Crippen LogP contribution in [0.5, 0.6) is 11.5 Å². The highest BCUT2D eigenvalue weighted by Gasteiger charge is 2.16. The average Bonchev–Trinajstić information content (AvgIpc) is 3.14. The molecule has 8 nitrogen and oxygen atoms in total. The average molecular weight is 425 g/mol. The van der Waals surface area contributed by atoms with E-state index >= 15 is 0 Å². The van der Waals surface area contributed by atoms with Crippen molar-refractivity contribution in [2.75, 3.05) is 33.6 Å². The summed E-state index contributed by atoms with van der Waals surface area (Å²) in [7, 11) is 6.65. The molecule has 1 heterocycles. The fraction of sp³-hybridized carbons (Fsp3) is 0.304. The summed E-state index contributed by atoms with van der Waals surface area (Å²) in [6.07, 6.45) is 1.87. The zero-order valence-corrected chi connectivity index (χ0v) is 18.4. The van der Waals surface area contributed by atoms with Crippen molar-refractivity contribution >= 4 is 28.5 Å². The summed E-state index contributed by atoms with van der Waals surface area (Å²) in [5, 5.41) is 6.72. The van der Waals surface area contributed by atoms with Crippen molar-refractivity contribution in [2.24, 2.45) is 0 Å². The van der Waals surface area contributed by atoms with Crippen molar-refractivity contribution in [2.45, 2.75) is 19.5 Å². The molecule has 8 heteroatoms. The fourth-order valence-electron chi connectivity index (χ4n) is 3.32. The van der Waals surface area contributed by atoms with Crippen molar-refractivity contribution in [3.8, 4) is 11.5 Å². The summed E-state index contributed by atoms with van der Waals surface area (Å²) in [6.45, 7) is 2.14. The normalized spacial score (nSPS) is 11.6. The van der Waals surface area contributed by atoms with E-state index in [2.05, 4.69) is 10.6 Å². The topological polar surface area (TPSA) is 84.8 Å². The second kappa shape index (κ2) is 9.42. The standard InChI is InChI=1S/C23H28N4O4/c1-15(19-13-18(30-4)7-9-21(19)31-5)24-23(29)25-17-6-8-20-16(12-17)10-11-27(20)14-22(28)26(2)3/h6-13,15H,14H2,1-5H3,(H2,24,25,29). The molecule has 1 unspecified atom stereocenters. The van der Waals surface area contributed by atoms with Gasteiger partial charge in [0.2, 0.25) is 5.91 Å². The fourth-order valence-corrected chi connectivity index (χ4v) is 3.32. The zero-order valence-electron chi connectivity index (χ0n) is 18.4. The summed E-state index contributed by atoms with van der Waals surface area (Å²) in [4.78, 5) is 26.1. The number of nitrogens with one attached hydrogen (secondary N) is 2. The van der Waals surface area contributed by atoms with E-state index in [1.54, 1.807) is 33.2 Å². The van der Waals surface area contributed by atoms with E-state index in [4.69, 9.17) is 9.47 Å². The first-order valence-corrected chi connectivity index (χ1v) is 9.91. The molecule has 164 valence electrons. The van der Waals surface area contributed by atoms with Gasteiger partial charge in [0.1, 0.15) is 18.0 Å². The number of rotatable bonds is 7. The Morgan fingerprint density at radius 2 is 1.84 bits per heavy atom. The molecule has 3 rings (SSSR count). The number of likely N-dealkylation sites (N-methyl/N-ethyl adjacent to an activating group) is 1. The van der Waals surface area contributed by atoms with Crippen LogP contribution < -0.4 is 20.1 Å². The van der Waals surface area contributed by atoms with Crippen LogP contribution in [0.3, 0.4) is 0 Å². The molecule has 0 fully saturated rings. The number of hydrogen-bond acceptors (Lipinski definition) is 4. The lowest BCUT2D eigenvalue weighted by Gasteiger charge is -2.18. The SMILES string of the molecule is COc1ccc(OC)c(C(C)NC(=O)Nc2ccc3c(ccn3CC(=O)N(C)C)c2)c1. The lowest BCUT2D eigenvalue weighted by molar-refractivity contribution is -0.129. The third-order valence-electron chi connectivity index (χ3n) is 5.08. The molecule has 3 amide bonds. The number of carbonyl (C=O) groups excluding carboxylic acids is 2. The number of ether oxygens (including phenoxy) is 2. The first kappa shape index (κ1) is 22.0. The highest BCUT2D eigenvalue weighted by molar-refractivity contribution is 5.93. The van der Waals surface area contributed by atoms with E-state index in [-0.39, 0.29) is 24.5 Å². The minimum Gasteiger partial charge on any atom is -0.497 e. The Kier molecular flexibility index (Phi) is 6.69. The Morgan fingerprint density at radius 1 is 1.06 bits per heavy atom. The molecule has 0 aliphatic rings. The highest BCUT2D eigenvalue weighted by atomic mass is 16.5. The van der Waals surface area contributed by atoms with Gasteiger partial charge in [-0.25, -0.2) is 4.79 Å². The number of amides is 3. The number of urea groups is 1. The minimum atomic E-state index is -0.334. The summed E-state index contributed by atoms with van der Waals surface area (Å²) < 4.78 is 12.6. The van der Waals surface area contributed by atoms with Gasteiger partial charge in [0.15, 0.2) is 0 Å². The number of carbonyl (C=O) groups is 2. The molecule has 0 saturated carbocycles. The van der Waals surface area contributed by atoms with Crippen LogP contribution in [-0.2, 0) is 11.3 Å². The Hall–Kier alpha value is -3.68. The lowest BCUT2D eigenvalue weighted by atomic mass is 10.1. The van der Waals surface area contributed by atoms with Crippen LogP contribution in [0.15, 0.2) is 48.7 Å². The quantitative estimate of drug-likeness (QED) is 0.607. The van der Waals surface area contributed by atoms with Gasteiger partial charge in [0, 0.05) is 42.4 Å². The highest BCUT2D eigenvalue weighted by Crippen LogP contribution is 2.29. The third kappa shape index (κ3) is 5.09. The van der Waals surface area contributed by atoms with Crippen LogP contribution in [0.1, 0.15) is 18.5 Å². The van der Waals surface area contributed by atoms with Gasteiger partial charge in [-0.2, -0.15) is 0 Å². The molecule has 31 heavy (non-hydrogen) atoms. The maximum absolute atomic E-state index is 12.6. The molecule has 1 atom stereocenters. The molecule has 0 aliphatic heterocycles. The van der Waals surface area contributed by atoms with Crippen LogP contribution in [0.2, 0.25) is 0 Å². The van der Waals surface area contributed by atoms with E-state index in [1.807, 2.05) is 60.2 Å². The molecular weight excluding hydrogens is 396 g/mol. The van der Waals surface area contributed by atoms with E-state index in [0.717, 1.165) is 16.5 Å². The predicted octanol–water partition coefficient (Wildman–Crippen LogP) is 3.63. The summed E-state index contributed by atoms with van der Waals surface area (Å²) >= 11 is 0. The van der Waals surface area contributed by atoms with Gasteiger partial charge >= 0.3 is 6.03 Å². The van der Waals surface area contributed by atoms with Gasteiger partial charge in [-0.05, 0) is 49.4 Å². The van der Waals surface area contributed by atoms with Crippen molar-refractivity contribution in [3.63, 3.8) is 0 Å². The van der Waals surface area contributed by atoms with E-state index in [0.29, 0.717) is 17.2 Å². The van der Waals surface area contributed by atoms with Crippen LogP contribution in [-0.4, -0.2) is 49.7 Å². The Labute approximate surface area is 181 Å². The van der Waals surface area contributed by atoms with Gasteiger partial charge in [0.05, 0.1) is 20.3 Å². The van der Waals surface area contributed by atoms with Crippen LogP contribution in [0, 0.1) is 0 Å². The number of methoxy groups -OCH3 is 2. The van der Waals surface area contributed by atoms with Crippen molar-refractivity contribution < 1.29 is 19.1 Å². The van der Waals surface area contributed by atoms with Crippen molar-refractivity contribution in [1.82, 2.24) is 14.8 Å². The second-order valence-corrected chi connectivity index (χ2v) is 7.43. The van der Waals surface area contributed by atoms with Gasteiger partial charge in [-0.15, -0.1) is 0 Å². The lowest BCUT2D eigenvalue weighted by Crippen LogP contribution is -2.31. The maximum atomic E-state index is 12.6. The summed E-state index contributed by atoms with van der Waals surface area (Å²) in [5.74, 6) is 1.37. The Balaban J connectivity index is 1.70. The van der Waals surface area contributed by atoms with E-state index in [1.165, 1.54) is 0 Å². The predicted molar refractivity (Wildman–Crippen MR) is 121 cm³/mol. The number of benzene rings is 2. The molecule has 0 radical (unpaired) electrons. The molecule has 0 spiro atoms. The molecule has 0 saturated heterocycles. The molecule has 0 bridgehead atoms. The van der Waals surface area contributed by atoms with Crippen LogP contribution >= 0.6 is 0 Å².